The summed E-state index contributed by atoms with van der Waals surface area (Å²) < 4.78 is 27.2. The average Bonchev–Trinajstić information content (AvgIpc) is 2.76. The number of rotatable bonds is 8. The van der Waals surface area contributed by atoms with Crippen LogP contribution < -0.4 is 20.3 Å². The van der Waals surface area contributed by atoms with E-state index in [4.69, 9.17) is 12.2 Å². The highest BCUT2D eigenvalue weighted by atomic mass is 32.2. The predicted octanol–water partition coefficient (Wildman–Crippen LogP) is 3.93. The Hall–Kier alpha value is -3.24. The van der Waals surface area contributed by atoms with Crippen molar-refractivity contribution in [1.82, 2.24) is 9.97 Å². The minimum Gasteiger partial charge on any atom is -0.372 e. The Labute approximate surface area is 187 Å². The van der Waals surface area contributed by atoms with Crippen LogP contribution in [0.15, 0.2) is 71.9 Å². The van der Waals surface area contributed by atoms with E-state index in [2.05, 4.69) is 44.1 Å². The number of nitrogens with zero attached hydrogens (tertiary/aromatic N) is 3. The number of aromatic nitrogens is 2. The Morgan fingerprint density at radius 1 is 0.903 bits per heavy atom. The molecule has 3 N–H and O–H groups in total. The van der Waals surface area contributed by atoms with Gasteiger partial charge in [0, 0.05) is 42.5 Å². The molecule has 31 heavy (non-hydrogen) atoms. The van der Waals surface area contributed by atoms with Crippen LogP contribution >= 0.6 is 12.2 Å². The lowest BCUT2D eigenvalue weighted by atomic mass is 10.2. The van der Waals surface area contributed by atoms with Crippen LogP contribution in [0.4, 0.5) is 23.0 Å². The number of thiocarbonyl (C=S) groups is 1. The molecule has 0 bridgehead atoms. The van der Waals surface area contributed by atoms with Crippen LogP contribution in [0.3, 0.4) is 0 Å². The molecule has 0 amide bonds. The summed E-state index contributed by atoms with van der Waals surface area (Å²) in [6, 6.07) is 15.9. The molecule has 0 saturated heterocycles. The molecular formula is C21H24N6O2S2. The first-order chi connectivity index (χ1) is 14.9. The highest BCUT2D eigenvalue weighted by Gasteiger charge is 2.15. The standard InChI is InChI=1S/C21H24N6O2S2/c1-3-27(4-2)18-10-6-16(7-11-18)24-21(30)25-17-8-12-19(13-9-17)31(28,29)26-20-22-14-5-15-23-20/h5-15H,3-4H2,1-2H3,(H,22,23,26)(H2,24,25,30). The first-order valence-electron chi connectivity index (χ1n) is 9.74. The molecule has 2 aromatic carbocycles. The quantitative estimate of drug-likeness (QED) is 0.439. The molecule has 0 radical (unpaired) electrons. The summed E-state index contributed by atoms with van der Waals surface area (Å²) in [6.45, 7) is 6.14. The van der Waals surface area contributed by atoms with E-state index in [0.29, 0.717) is 10.8 Å². The summed E-state index contributed by atoms with van der Waals surface area (Å²) in [5.74, 6) is 0.0158. The van der Waals surface area contributed by atoms with Crippen LogP contribution in [0.2, 0.25) is 0 Å². The molecule has 0 spiro atoms. The molecule has 1 aromatic heterocycles. The lowest BCUT2D eigenvalue weighted by Crippen LogP contribution is -2.22. The van der Waals surface area contributed by atoms with E-state index in [9.17, 15) is 8.42 Å². The lowest BCUT2D eigenvalue weighted by molar-refractivity contribution is 0.601. The Morgan fingerprint density at radius 2 is 1.42 bits per heavy atom. The second-order valence-corrected chi connectivity index (χ2v) is 8.59. The number of nitrogens with one attached hydrogen (secondary N) is 3. The Kier molecular flexibility index (Phi) is 7.37. The van der Waals surface area contributed by atoms with Gasteiger partial charge in [0.2, 0.25) is 5.95 Å². The second-order valence-electron chi connectivity index (χ2n) is 6.50. The second kappa shape index (κ2) is 10.2. The van der Waals surface area contributed by atoms with Gasteiger partial charge in [0.25, 0.3) is 10.0 Å². The molecule has 0 saturated carbocycles. The molecule has 1 heterocycles. The van der Waals surface area contributed by atoms with Gasteiger partial charge >= 0.3 is 0 Å². The zero-order valence-electron chi connectivity index (χ0n) is 17.2. The third-order valence-electron chi connectivity index (χ3n) is 4.47. The third kappa shape index (κ3) is 6.12. The van der Waals surface area contributed by atoms with E-state index in [-0.39, 0.29) is 10.8 Å². The maximum absolute atomic E-state index is 12.4. The monoisotopic (exact) mass is 456 g/mol. The van der Waals surface area contributed by atoms with Crippen molar-refractivity contribution in [3.05, 3.63) is 67.0 Å². The number of hydrogen-bond acceptors (Lipinski definition) is 6. The number of hydrogen-bond donors (Lipinski definition) is 3. The Morgan fingerprint density at radius 3 is 1.94 bits per heavy atom. The van der Waals surface area contributed by atoms with Crippen LogP contribution in [0.1, 0.15) is 13.8 Å². The van der Waals surface area contributed by atoms with Gasteiger partial charge in [-0.05, 0) is 80.7 Å². The Balaban J connectivity index is 1.60. The van der Waals surface area contributed by atoms with E-state index in [1.165, 1.54) is 24.5 Å². The van der Waals surface area contributed by atoms with Gasteiger partial charge in [0.05, 0.1) is 4.90 Å². The normalized spacial score (nSPS) is 10.9. The summed E-state index contributed by atoms with van der Waals surface area (Å²) in [5, 5.41) is 6.58. The van der Waals surface area contributed by atoms with Crippen LogP contribution in [-0.2, 0) is 10.0 Å². The maximum Gasteiger partial charge on any atom is 0.264 e. The van der Waals surface area contributed by atoms with Crippen molar-refractivity contribution >= 4 is 50.4 Å². The van der Waals surface area contributed by atoms with Gasteiger partial charge in [-0.1, -0.05) is 0 Å². The van der Waals surface area contributed by atoms with Crippen molar-refractivity contribution in [3.63, 3.8) is 0 Å². The van der Waals surface area contributed by atoms with Gasteiger partial charge in [-0.3, -0.25) is 0 Å². The van der Waals surface area contributed by atoms with Gasteiger partial charge in [-0.2, -0.15) is 0 Å². The smallest absolute Gasteiger partial charge is 0.264 e. The Bertz CT molecular complexity index is 1100. The molecule has 0 atom stereocenters. The lowest BCUT2D eigenvalue weighted by Gasteiger charge is -2.21. The fourth-order valence-corrected chi connectivity index (χ4v) is 4.08. The molecule has 0 aliphatic rings. The minimum absolute atomic E-state index is 0.0158. The fourth-order valence-electron chi connectivity index (χ4n) is 2.89. The molecule has 3 rings (SSSR count). The maximum atomic E-state index is 12.4. The van der Waals surface area contributed by atoms with Crippen molar-refractivity contribution in [2.24, 2.45) is 0 Å². The van der Waals surface area contributed by atoms with Gasteiger partial charge < -0.3 is 15.5 Å². The van der Waals surface area contributed by atoms with E-state index >= 15 is 0 Å². The third-order valence-corrected chi connectivity index (χ3v) is 6.02. The van der Waals surface area contributed by atoms with Crippen molar-refractivity contribution in [2.75, 3.05) is 33.3 Å². The van der Waals surface area contributed by atoms with Gasteiger partial charge in [0.1, 0.15) is 0 Å². The summed E-state index contributed by atoms with van der Waals surface area (Å²) in [7, 11) is -3.78. The summed E-state index contributed by atoms with van der Waals surface area (Å²) in [4.78, 5) is 10.1. The zero-order chi connectivity index (χ0) is 22.3. The fraction of sp³-hybridized carbons (Fsp3) is 0.190. The van der Waals surface area contributed by atoms with Gasteiger partial charge in [-0.25, -0.2) is 23.1 Å². The van der Waals surface area contributed by atoms with Crippen molar-refractivity contribution in [3.8, 4) is 0 Å². The molecule has 3 aromatic rings. The number of sulfonamides is 1. The summed E-state index contributed by atoms with van der Waals surface area (Å²) >= 11 is 5.36. The molecule has 0 aliphatic heterocycles. The van der Waals surface area contributed by atoms with Crippen molar-refractivity contribution in [2.45, 2.75) is 18.7 Å². The first kappa shape index (κ1) is 22.4. The minimum atomic E-state index is -3.78. The molecular weight excluding hydrogens is 432 g/mol. The largest absolute Gasteiger partial charge is 0.372 e. The SMILES string of the molecule is CCN(CC)c1ccc(NC(=S)Nc2ccc(S(=O)(=O)Nc3ncccn3)cc2)cc1. The van der Waals surface area contributed by atoms with Crippen molar-refractivity contribution in [1.29, 1.82) is 0 Å². The average molecular weight is 457 g/mol. The topological polar surface area (TPSA) is 99.2 Å². The van der Waals surface area contributed by atoms with Crippen LogP contribution in [0, 0.1) is 0 Å². The molecule has 0 unspecified atom stereocenters. The predicted molar refractivity (Wildman–Crippen MR) is 129 cm³/mol. The highest BCUT2D eigenvalue weighted by molar-refractivity contribution is 7.92. The molecule has 10 heteroatoms. The molecule has 8 nitrogen and oxygen atoms in total. The van der Waals surface area contributed by atoms with E-state index in [1.807, 2.05) is 24.3 Å². The molecule has 162 valence electrons. The zero-order valence-corrected chi connectivity index (χ0v) is 18.9. The van der Waals surface area contributed by atoms with E-state index in [0.717, 1.165) is 24.5 Å². The van der Waals surface area contributed by atoms with Crippen molar-refractivity contribution < 1.29 is 8.42 Å². The van der Waals surface area contributed by atoms with Gasteiger partial charge in [0.15, 0.2) is 5.11 Å². The summed E-state index contributed by atoms with van der Waals surface area (Å²) in [6.07, 6.45) is 2.92. The molecule has 0 fully saturated rings. The highest BCUT2D eigenvalue weighted by Crippen LogP contribution is 2.19. The summed E-state index contributed by atoms with van der Waals surface area (Å²) in [5.41, 5.74) is 2.67. The van der Waals surface area contributed by atoms with Gasteiger partial charge in [-0.15, -0.1) is 0 Å². The van der Waals surface area contributed by atoms with Crippen LogP contribution in [-0.4, -0.2) is 36.6 Å². The number of anilines is 4. The van der Waals surface area contributed by atoms with E-state index in [1.54, 1.807) is 18.2 Å². The van der Waals surface area contributed by atoms with E-state index < -0.39 is 10.0 Å². The molecule has 0 aliphatic carbocycles. The first-order valence-corrected chi connectivity index (χ1v) is 11.6. The number of benzene rings is 2. The van der Waals surface area contributed by atoms with Crippen LogP contribution in [0.25, 0.3) is 0 Å². The van der Waals surface area contributed by atoms with Crippen LogP contribution in [0.5, 0.6) is 0 Å².